The number of carboxylic acid groups (broad SMARTS) is 1. The summed E-state index contributed by atoms with van der Waals surface area (Å²) in [7, 11) is 0. The summed E-state index contributed by atoms with van der Waals surface area (Å²) in [4.78, 5) is 19.2. The van der Waals surface area contributed by atoms with Gasteiger partial charge in [-0.15, -0.1) is 0 Å². The molecule has 7 nitrogen and oxygen atoms in total. The van der Waals surface area contributed by atoms with Crippen LogP contribution in [0, 0.1) is 0 Å². The lowest BCUT2D eigenvalue weighted by Gasteiger charge is -2.43. The zero-order valence-electron chi connectivity index (χ0n) is 22.2. The molecule has 1 aromatic heterocycles. The summed E-state index contributed by atoms with van der Waals surface area (Å²) in [6.07, 6.45) is 8.90. The maximum Gasteiger partial charge on any atom is 0.325 e. The lowest BCUT2D eigenvalue weighted by molar-refractivity contribution is -0.151. The number of aromatic nitrogens is 1. The molecule has 3 aliphatic rings. The van der Waals surface area contributed by atoms with Crippen molar-refractivity contribution in [3.63, 3.8) is 0 Å². The van der Waals surface area contributed by atoms with Crippen LogP contribution in [0.3, 0.4) is 0 Å². The van der Waals surface area contributed by atoms with Crippen molar-refractivity contribution in [2.45, 2.75) is 89.4 Å². The number of benzene rings is 1. The number of hydrogen-bond acceptors (Lipinski definition) is 6. The molecule has 2 fully saturated rings. The molecule has 2 N–H and O–H groups in total. The van der Waals surface area contributed by atoms with Crippen LogP contribution >= 0.6 is 0 Å². The third-order valence-corrected chi connectivity index (χ3v) is 7.60. The van der Waals surface area contributed by atoms with Crippen molar-refractivity contribution in [2.24, 2.45) is 0 Å². The number of carboxylic acids is 1. The number of rotatable bonds is 13. The van der Waals surface area contributed by atoms with E-state index in [0.717, 1.165) is 86.5 Å². The van der Waals surface area contributed by atoms with Gasteiger partial charge in [0.2, 0.25) is 0 Å². The number of likely N-dealkylation sites (tertiary alicyclic amines) is 1. The monoisotopic (exact) mass is 507 g/mol. The quantitative estimate of drug-likeness (QED) is 0.354. The highest BCUT2D eigenvalue weighted by Crippen LogP contribution is 2.48. The van der Waals surface area contributed by atoms with Gasteiger partial charge in [0.05, 0.1) is 12.2 Å². The largest absolute Gasteiger partial charge is 0.491 e. The fourth-order valence-electron chi connectivity index (χ4n) is 5.58. The summed E-state index contributed by atoms with van der Waals surface area (Å²) in [6.45, 7) is 7.08. The SMILES string of the molecule is CC(C)Oc1cccc(C(C(=O)O)N2CC(OCCCCCc3ccc4c(n3)NCCC4)C2)c1C1CC1. The second-order valence-electron chi connectivity index (χ2n) is 11.0. The van der Waals surface area contributed by atoms with Gasteiger partial charge in [-0.2, -0.15) is 0 Å². The van der Waals surface area contributed by atoms with Crippen molar-refractivity contribution in [3.8, 4) is 5.75 Å². The fourth-order valence-corrected chi connectivity index (χ4v) is 5.58. The van der Waals surface area contributed by atoms with Gasteiger partial charge in [-0.3, -0.25) is 9.69 Å². The Hall–Kier alpha value is -2.64. The van der Waals surface area contributed by atoms with Crippen molar-refractivity contribution in [3.05, 3.63) is 52.7 Å². The van der Waals surface area contributed by atoms with Gasteiger partial charge in [0.1, 0.15) is 17.6 Å². The maximum atomic E-state index is 12.4. The van der Waals surface area contributed by atoms with Crippen LogP contribution in [0.25, 0.3) is 0 Å². The molecule has 0 bridgehead atoms. The molecule has 200 valence electrons. The van der Waals surface area contributed by atoms with Gasteiger partial charge in [0, 0.05) is 37.5 Å². The third-order valence-electron chi connectivity index (χ3n) is 7.60. The molecule has 37 heavy (non-hydrogen) atoms. The zero-order chi connectivity index (χ0) is 25.8. The lowest BCUT2D eigenvalue weighted by atomic mass is 9.92. The summed E-state index contributed by atoms with van der Waals surface area (Å²) in [5, 5.41) is 13.6. The number of carbonyl (C=O) groups is 1. The Balaban J connectivity index is 1.07. The third kappa shape index (κ3) is 6.44. The summed E-state index contributed by atoms with van der Waals surface area (Å²) in [5.41, 5.74) is 4.48. The van der Waals surface area contributed by atoms with Crippen LogP contribution in [-0.4, -0.2) is 59.4 Å². The minimum Gasteiger partial charge on any atom is -0.491 e. The second kappa shape index (κ2) is 11.8. The van der Waals surface area contributed by atoms with Gasteiger partial charge in [-0.1, -0.05) is 24.6 Å². The Bertz CT molecular complexity index is 1080. The fraction of sp³-hybridized carbons (Fsp3) is 0.600. The van der Waals surface area contributed by atoms with Crippen LogP contribution in [-0.2, 0) is 22.4 Å². The molecule has 0 amide bonds. The van der Waals surface area contributed by atoms with Crippen molar-refractivity contribution >= 4 is 11.8 Å². The zero-order valence-corrected chi connectivity index (χ0v) is 22.2. The number of hydrogen-bond donors (Lipinski definition) is 2. The molecule has 3 heterocycles. The molecular weight excluding hydrogens is 466 g/mol. The minimum absolute atomic E-state index is 0.0593. The first kappa shape index (κ1) is 26.0. The number of aliphatic carboxylic acids is 1. The van der Waals surface area contributed by atoms with Gasteiger partial charge in [0.25, 0.3) is 0 Å². The normalized spacial score (nSPS) is 18.7. The van der Waals surface area contributed by atoms with E-state index in [2.05, 4.69) is 17.4 Å². The van der Waals surface area contributed by atoms with E-state index in [1.54, 1.807) is 0 Å². The molecule has 5 rings (SSSR count). The van der Waals surface area contributed by atoms with E-state index in [-0.39, 0.29) is 12.2 Å². The first-order valence-electron chi connectivity index (χ1n) is 14.1. The van der Waals surface area contributed by atoms with E-state index in [0.29, 0.717) is 19.0 Å². The van der Waals surface area contributed by atoms with Gasteiger partial charge in [0.15, 0.2) is 0 Å². The molecule has 1 atom stereocenters. The molecule has 1 saturated carbocycles. The number of pyridine rings is 1. The molecule has 2 aliphatic heterocycles. The smallest absolute Gasteiger partial charge is 0.325 e. The van der Waals surface area contributed by atoms with E-state index in [1.807, 2.05) is 36.9 Å². The maximum absolute atomic E-state index is 12.4. The molecule has 1 aliphatic carbocycles. The van der Waals surface area contributed by atoms with Crippen LogP contribution in [0.2, 0.25) is 0 Å². The van der Waals surface area contributed by atoms with Crippen LogP contribution in [0.4, 0.5) is 5.82 Å². The number of nitrogens with one attached hydrogen (secondary N) is 1. The number of aryl methyl sites for hydroxylation is 2. The van der Waals surface area contributed by atoms with E-state index in [9.17, 15) is 9.90 Å². The topological polar surface area (TPSA) is 83.9 Å². The first-order valence-corrected chi connectivity index (χ1v) is 14.1. The van der Waals surface area contributed by atoms with E-state index in [4.69, 9.17) is 14.5 Å². The molecule has 7 heteroatoms. The Morgan fingerprint density at radius 3 is 2.76 bits per heavy atom. The predicted octanol–water partition coefficient (Wildman–Crippen LogP) is 5.34. The average Bonchev–Trinajstić information content (AvgIpc) is 3.69. The highest BCUT2D eigenvalue weighted by Gasteiger charge is 2.41. The van der Waals surface area contributed by atoms with Crippen molar-refractivity contribution < 1.29 is 19.4 Å². The molecular formula is C30H41N3O4. The van der Waals surface area contributed by atoms with E-state index in [1.165, 1.54) is 12.0 Å². The minimum atomic E-state index is -0.798. The summed E-state index contributed by atoms with van der Waals surface area (Å²) < 4.78 is 12.1. The van der Waals surface area contributed by atoms with Gasteiger partial charge >= 0.3 is 5.97 Å². The Kier molecular flexibility index (Phi) is 8.30. The molecule has 1 unspecified atom stereocenters. The lowest BCUT2D eigenvalue weighted by Crippen LogP contribution is -2.55. The van der Waals surface area contributed by atoms with Crippen molar-refractivity contribution in [1.82, 2.24) is 9.88 Å². The van der Waals surface area contributed by atoms with Gasteiger partial charge < -0.3 is 19.9 Å². The number of fused-ring (bicyclic) bond motifs is 1. The highest BCUT2D eigenvalue weighted by atomic mass is 16.5. The van der Waals surface area contributed by atoms with Gasteiger partial charge in [-0.25, -0.2) is 4.98 Å². The number of ether oxygens (including phenoxy) is 2. The molecule has 0 spiro atoms. The predicted molar refractivity (Wildman–Crippen MR) is 144 cm³/mol. The van der Waals surface area contributed by atoms with Crippen LogP contribution in [0.5, 0.6) is 5.75 Å². The number of nitrogens with zero attached hydrogens (tertiary/aromatic N) is 2. The van der Waals surface area contributed by atoms with Gasteiger partial charge in [-0.05, 0) is 88.0 Å². The van der Waals surface area contributed by atoms with E-state index >= 15 is 0 Å². The molecule has 1 aromatic carbocycles. The number of anilines is 1. The molecule has 0 radical (unpaired) electrons. The second-order valence-corrected chi connectivity index (χ2v) is 11.0. The van der Waals surface area contributed by atoms with Crippen molar-refractivity contribution in [2.75, 3.05) is 31.6 Å². The average molecular weight is 508 g/mol. The van der Waals surface area contributed by atoms with Crippen LogP contribution in [0.15, 0.2) is 30.3 Å². The van der Waals surface area contributed by atoms with Crippen molar-refractivity contribution in [1.29, 1.82) is 0 Å². The first-order chi connectivity index (χ1) is 18.0. The Labute approximate surface area is 220 Å². The summed E-state index contributed by atoms with van der Waals surface area (Å²) in [5.74, 6) is 1.53. The van der Waals surface area contributed by atoms with Crippen LogP contribution < -0.4 is 10.1 Å². The summed E-state index contributed by atoms with van der Waals surface area (Å²) in [6, 6.07) is 9.63. The number of unbranched alkanes of at least 4 members (excludes halogenated alkanes) is 2. The molecule has 2 aromatic rings. The van der Waals surface area contributed by atoms with Crippen LogP contribution in [0.1, 0.15) is 86.7 Å². The summed E-state index contributed by atoms with van der Waals surface area (Å²) >= 11 is 0. The standard InChI is InChI=1S/C30H41N3O4/c1-20(2)37-26-11-6-10-25(27(26)21-12-13-21)28(30(34)35)33-18-24(19-33)36-17-5-3-4-9-23-15-14-22-8-7-16-31-29(22)32-23/h6,10-11,14-15,20-21,24,28H,3-5,7-9,12-13,16-19H2,1-2H3,(H,31,32)(H,34,35). The Morgan fingerprint density at radius 1 is 1.16 bits per heavy atom. The molecule has 1 saturated heterocycles. The highest BCUT2D eigenvalue weighted by molar-refractivity contribution is 5.77. The van der Waals surface area contributed by atoms with E-state index < -0.39 is 12.0 Å². The Morgan fingerprint density at radius 2 is 2.00 bits per heavy atom.